The molecule has 0 bridgehead atoms. The Morgan fingerprint density at radius 2 is 2.20 bits per heavy atom. The number of carbonyl (C=O) groups excluding carboxylic acids is 2. The molecular weight excluding hydrogens is 192 g/mol. The van der Waals surface area contributed by atoms with Crippen LogP contribution in [0.2, 0.25) is 0 Å². The zero-order valence-corrected chi connectivity index (χ0v) is 9.79. The highest BCUT2D eigenvalue weighted by atomic mass is 16.5. The Morgan fingerprint density at radius 1 is 1.60 bits per heavy atom. The molecule has 0 aromatic rings. The van der Waals surface area contributed by atoms with E-state index in [9.17, 15) is 9.59 Å². The summed E-state index contributed by atoms with van der Waals surface area (Å²) < 4.78 is 4.98. The lowest BCUT2D eigenvalue weighted by atomic mass is 9.82. The fraction of sp³-hybridized carbons (Fsp3) is 0.667. The highest BCUT2D eigenvalue weighted by Gasteiger charge is 2.47. The van der Waals surface area contributed by atoms with Crippen molar-refractivity contribution < 1.29 is 14.3 Å². The van der Waals surface area contributed by atoms with Gasteiger partial charge in [0.05, 0.1) is 6.61 Å². The number of allylic oxidation sites excluding steroid dienone is 1. The van der Waals surface area contributed by atoms with Crippen LogP contribution in [0.15, 0.2) is 11.6 Å². The Bertz CT molecular complexity index is 317. The van der Waals surface area contributed by atoms with Gasteiger partial charge in [-0.2, -0.15) is 0 Å². The van der Waals surface area contributed by atoms with Gasteiger partial charge < -0.3 is 4.74 Å². The second kappa shape index (κ2) is 4.17. The first-order valence-corrected chi connectivity index (χ1v) is 5.31. The number of hydrogen-bond donors (Lipinski definition) is 0. The molecule has 0 N–H and O–H groups in total. The second-order valence-corrected chi connectivity index (χ2v) is 4.24. The third-order valence-corrected chi connectivity index (χ3v) is 3.15. The Balaban J connectivity index is 3.03. The summed E-state index contributed by atoms with van der Waals surface area (Å²) in [7, 11) is 0. The van der Waals surface area contributed by atoms with Crippen LogP contribution in [0.3, 0.4) is 0 Å². The van der Waals surface area contributed by atoms with Crippen LogP contribution in [-0.4, -0.2) is 18.4 Å². The second-order valence-electron chi connectivity index (χ2n) is 4.24. The molecule has 3 heteroatoms. The van der Waals surface area contributed by atoms with Crippen LogP contribution in [0, 0.1) is 11.3 Å². The topological polar surface area (TPSA) is 43.4 Å². The fourth-order valence-electron chi connectivity index (χ4n) is 2.03. The Labute approximate surface area is 90.5 Å². The molecule has 2 atom stereocenters. The first-order chi connectivity index (χ1) is 6.94. The quantitative estimate of drug-likeness (QED) is 0.407. The van der Waals surface area contributed by atoms with E-state index in [1.165, 1.54) is 6.92 Å². The number of hydrogen-bond acceptors (Lipinski definition) is 3. The number of carbonyl (C=O) groups is 2. The number of ether oxygens (including phenoxy) is 1. The first-order valence-electron chi connectivity index (χ1n) is 5.31. The fourth-order valence-corrected chi connectivity index (χ4v) is 2.03. The van der Waals surface area contributed by atoms with Crippen molar-refractivity contribution in [3.63, 3.8) is 0 Å². The van der Waals surface area contributed by atoms with Gasteiger partial charge in [0.1, 0.15) is 5.41 Å². The van der Waals surface area contributed by atoms with E-state index in [0.29, 0.717) is 13.0 Å². The van der Waals surface area contributed by atoms with Crippen LogP contribution >= 0.6 is 0 Å². The highest BCUT2D eigenvalue weighted by molar-refractivity contribution is 6.05. The molecule has 0 saturated heterocycles. The van der Waals surface area contributed by atoms with Crippen molar-refractivity contribution in [1.29, 1.82) is 0 Å². The third kappa shape index (κ3) is 1.96. The van der Waals surface area contributed by atoms with Crippen LogP contribution in [-0.2, 0) is 14.3 Å². The highest BCUT2D eigenvalue weighted by Crippen LogP contribution is 2.41. The van der Waals surface area contributed by atoms with Crippen LogP contribution in [0.5, 0.6) is 0 Å². The summed E-state index contributed by atoms with van der Waals surface area (Å²) in [6.07, 6.45) is 2.32. The van der Waals surface area contributed by atoms with Gasteiger partial charge in [-0.05, 0) is 33.1 Å². The zero-order valence-electron chi connectivity index (χ0n) is 9.79. The molecule has 0 spiro atoms. The molecule has 0 radical (unpaired) electrons. The maximum atomic E-state index is 11.8. The predicted octanol–water partition coefficient (Wildman–Crippen LogP) is 2.11. The molecule has 0 heterocycles. The van der Waals surface area contributed by atoms with E-state index < -0.39 is 11.4 Å². The van der Waals surface area contributed by atoms with Crippen LogP contribution in [0.4, 0.5) is 0 Å². The van der Waals surface area contributed by atoms with E-state index in [2.05, 4.69) is 0 Å². The van der Waals surface area contributed by atoms with Crippen molar-refractivity contribution in [2.45, 2.75) is 34.1 Å². The van der Waals surface area contributed by atoms with Gasteiger partial charge in [-0.1, -0.05) is 18.6 Å². The van der Waals surface area contributed by atoms with Gasteiger partial charge in [-0.3, -0.25) is 9.59 Å². The molecule has 0 amide bonds. The molecule has 15 heavy (non-hydrogen) atoms. The maximum Gasteiger partial charge on any atom is 0.323 e. The summed E-state index contributed by atoms with van der Waals surface area (Å²) in [5.41, 5.74) is 0.0812. The summed E-state index contributed by atoms with van der Waals surface area (Å²) in [4.78, 5) is 23.4. The normalized spacial score (nSPS) is 29.9. The Hall–Kier alpha value is -1.12. The van der Waals surface area contributed by atoms with Crippen molar-refractivity contribution in [2.75, 3.05) is 6.61 Å². The number of ketones is 1. The van der Waals surface area contributed by atoms with E-state index in [0.717, 1.165) is 5.57 Å². The van der Waals surface area contributed by atoms with Crippen LogP contribution in [0.25, 0.3) is 0 Å². The minimum Gasteiger partial charge on any atom is -0.465 e. The molecule has 84 valence electrons. The smallest absolute Gasteiger partial charge is 0.323 e. The van der Waals surface area contributed by atoms with Gasteiger partial charge in [0.2, 0.25) is 0 Å². The van der Waals surface area contributed by atoms with Crippen LogP contribution in [0.1, 0.15) is 34.1 Å². The van der Waals surface area contributed by atoms with Gasteiger partial charge in [0.25, 0.3) is 0 Å². The van der Waals surface area contributed by atoms with Gasteiger partial charge in [0, 0.05) is 0 Å². The summed E-state index contributed by atoms with van der Waals surface area (Å²) in [6, 6.07) is 0. The SMILES string of the molecule is CCOC(=O)C1(C(C)=O)C=C(C)C(C)C1. The summed E-state index contributed by atoms with van der Waals surface area (Å²) in [5.74, 6) is -0.246. The molecule has 0 saturated carbocycles. The Morgan fingerprint density at radius 3 is 2.53 bits per heavy atom. The van der Waals surface area contributed by atoms with Gasteiger partial charge in [-0.25, -0.2) is 0 Å². The monoisotopic (exact) mass is 210 g/mol. The molecule has 0 aromatic heterocycles. The summed E-state index contributed by atoms with van der Waals surface area (Å²) in [6.45, 7) is 7.50. The van der Waals surface area contributed by atoms with Crippen molar-refractivity contribution in [2.24, 2.45) is 11.3 Å². The zero-order chi connectivity index (χ0) is 11.6. The lowest BCUT2D eigenvalue weighted by Crippen LogP contribution is -2.36. The summed E-state index contributed by atoms with van der Waals surface area (Å²) >= 11 is 0. The number of Topliss-reactive ketones (excluding diaryl/α,β-unsaturated/α-hetero) is 1. The van der Waals surface area contributed by atoms with E-state index in [-0.39, 0.29) is 11.7 Å². The minimum absolute atomic E-state index is 0.121. The van der Waals surface area contributed by atoms with Crippen molar-refractivity contribution in [3.8, 4) is 0 Å². The minimum atomic E-state index is -1.01. The Kier molecular flexibility index (Phi) is 3.32. The number of esters is 1. The largest absolute Gasteiger partial charge is 0.465 e. The molecule has 0 aliphatic heterocycles. The molecule has 1 rings (SSSR count). The molecule has 1 aliphatic carbocycles. The van der Waals surface area contributed by atoms with Crippen molar-refractivity contribution in [1.82, 2.24) is 0 Å². The average molecular weight is 210 g/mol. The molecule has 0 fully saturated rings. The first kappa shape index (κ1) is 12.0. The molecule has 3 nitrogen and oxygen atoms in total. The average Bonchev–Trinajstić information content (AvgIpc) is 2.45. The lowest BCUT2D eigenvalue weighted by Gasteiger charge is -2.22. The predicted molar refractivity (Wildman–Crippen MR) is 57.3 cm³/mol. The van der Waals surface area contributed by atoms with Gasteiger partial charge in [0.15, 0.2) is 5.78 Å². The lowest BCUT2D eigenvalue weighted by molar-refractivity contribution is -0.156. The van der Waals surface area contributed by atoms with E-state index in [1.54, 1.807) is 13.0 Å². The third-order valence-electron chi connectivity index (χ3n) is 3.15. The van der Waals surface area contributed by atoms with E-state index >= 15 is 0 Å². The maximum absolute atomic E-state index is 11.8. The summed E-state index contributed by atoms with van der Waals surface area (Å²) in [5, 5.41) is 0. The molecule has 2 unspecified atom stereocenters. The standard InChI is InChI=1S/C12H18O3/c1-5-15-11(14)12(10(4)13)6-8(2)9(3)7-12/h6,9H,5,7H2,1-4H3. The van der Waals surface area contributed by atoms with Crippen molar-refractivity contribution >= 4 is 11.8 Å². The van der Waals surface area contributed by atoms with Crippen molar-refractivity contribution in [3.05, 3.63) is 11.6 Å². The van der Waals surface area contributed by atoms with Gasteiger partial charge >= 0.3 is 5.97 Å². The molecule has 0 aromatic carbocycles. The van der Waals surface area contributed by atoms with E-state index in [4.69, 9.17) is 4.74 Å². The molecule has 1 aliphatic rings. The van der Waals surface area contributed by atoms with E-state index in [1.807, 2.05) is 13.8 Å². The number of rotatable bonds is 3. The van der Waals surface area contributed by atoms with Gasteiger partial charge in [-0.15, -0.1) is 0 Å². The van der Waals surface area contributed by atoms with Crippen LogP contribution < -0.4 is 0 Å². The molecular formula is C12H18O3.